The van der Waals surface area contributed by atoms with Crippen LogP contribution in [0.1, 0.15) is 17.3 Å². The zero-order valence-electron chi connectivity index (χ0n) is 13.0. The lowest BCUT2D eigenvalue weighted by molar-refractivity contribution is -0.119. The van der Waals surface area contributed by atoms with E-state index in [-0.39, 0.29) is 11.3 Å². The van der Waals surface area contributed by atoms with Crippen LogP contribution in [-0.2, 0) is 9.53 Å². The molecule has 2 aromatic carbocycles. The maximum Gasteiger partial charge on any atom is 0.342 e. The summed E-state index contributed by atoms with van der Waals surface area (Å²) in [5, 5.41) is 21.3. The number of benzene rings is 2. The Bertz CT molecular complexity index is 726. The third kappa shape index (κ3) is 4.64. The van der Waals surface area contributed by atoms with Crippen molar-refractivity contribution in [3.8, 4) is 17.2 Å². The molecule has 0 aliphatic rings. The summed E-state index contributed by atoms with van der Waals surface area (Å²) in [6.45, 7) is 1.91. The van der Waals surface area contributed by atoms with Gasteiger partial charge in [-0.15, -0.1) is 0 Å². The zero-order valence-corrected chi connectivity index (χ0v) is 13.0. The Hall–Kier alpha value is -3.22. The van der Waals surface area contributed by atoms with Gasteiger partial charge in [0.1, 0.15) is 22.8 Å². The fourth-order valence-corrected chi connectivity index (χ4v) is 1.90. The van der Waals surface area contributed by atoms with E-state index < -0.39 is 24.2 Å². The Morgan fingerprint density at radius 2 is 1.79 bits per heavy atom. The van der Waals surface area contributed by atoms with Crippen molar-refractivity contribution in [2.24, 2.45) is 0 Å². The highest BCUT2D eigenvalue weighted by Crippen LogP contribution is 2.23. The quantitative estimate of drug-likeness (QED) is 0.702. The largest absolute Gasteiger partial charge is 0.508 e. The van der Waals surface area contributed by atoms with Crippen molar-refractivity contribution in [1.29, 1.82) is 0 Å². The summed E-state index contributed by atoms with van der Waals surface area (Å²) in [6, 6.07) is 10.2. The van der Waals surface area contributed by atoms with Crippen LogP contribution in [0.4, 0.5) is 5.69 Å². The molecule has 0 heterocycles. The van der Waals surface area contributed by atoms with E-state index in [0.717, 1.165) is 6.07 Å². The number of carbonyl (C=O) groups is 2. The van der Waals surface area contributed by atoms with E-state index in [1.54, 1.807) is 24.3 Å². The molecule has 0 fully saturated rings. The number of hydrogen-bond donors (Lipinski definition) is 3. The second-order valence-corrected chi connectivity index (χ2v) is 4.78. The maximum absolute atomic E-state index is 11.8. The lowest BCUT2D eigenvalue weighted by Gasteiger charge is -2.08. The summed E-state index contributed by atoms with van der Waals surface area (Å²) in [5.74, 6) is -1.31. The van der Waals surface area contributed by atoms with Gasteiger partial charge >= 0.3 is 5.97 Å². The lowest BCUT2D eigenvalue weighted by atomic mass is 10.2. The number of phenols is 2. The van der Waals surface area contributed by atoms with E-state index in [0.29, 0.717) is 18.0 Å². The monoisotopic (exact) mass is 331 g/mol. The fraction of sp³-hybridized carbons (Fsp3) is 0.176. The molecule has 0 atom stereocenters. The normalized spacial score (nSPS) is 10.0. The molecule has 126 valence electrons. The summed E-state index contributed by atoms with van der Waals surface area (Å²) in [7, 11) is 0. The van der Waals surface area contributed by atoms with Crippen molar-refractivity contribution in [2.75, 3.05) is 18.5 Å². The Morgan fingerprint density at radius 3 is 2.42 bits per heavy atom. The number of carbonyl (C=O) groups excluding carboxylic acids is 2. The molecule has 7 heteroatoms. The van der Waals surface area contributed by atoms with Gasteiger partial charge in [-0.25, -0.2) is 4.79 Å². The van der Waals surface area contributed by atoms with Gasteiger partial charge in [0, 0.05) is 11.8 Å². The Labute approximate surface area is 138 Å². The van der Waals surface area contributed by atoms with Crippen LogP contribution in [0.3, 0.4) is 0 Å². The van der Waals surface area contributed by atoms with Crippen molar-refractivity contribution in [3.05, 3.63) is 48.0 Å². The number of ether oxygens (including phenoxy) is 2. The first kappa shape index (κ1) is 17.1. The molecule has 0 saturated heterocycles. The van der Waals surface area contributed by atoms with Gasteiger partial charge in [-0.1, -0.05) is 0 Å². The van der Waals surface area contributed by atoms with E-state index >= 15 is 0 Å². The first-order valence-corrected chi connectivity index (χ1v) is 7.21. The molecule has 7 nitrogen and oxygen atoms in total. The lowest BCUT2D eigenvalue weighted by Crippen LogP contribution is -2.20. The molecule has 0 saturated carbocycles. The molecular weight excluding hydrogens is 314 g/mol. The third-order valence-electron chi connectivity index (χ3n) is 2.98. The number of esters is 1. The van der Waals surface area contributed by atoms with Crippen LogP contribution in [0.2, 0.25) is 0 Å². The van der Waals surface area contributed by atoms with Crippen molar-refractivity contribution in [3.63, 3.8) is 0 Å². The SMILES string of the molecule is CCOc1ccc(NC(=O)COC(=O)c2ccc(O)cc2O)cc1. The minimum Gasteiger partial charge on any atom is -0.508 e. The van der Waals surface area contributed by atoms with Crippen molar-refractivity contribution >= 4 is 17.6 Å². The zero-order chi connectivity index (χ0) is 17.5. The molecule has 0 aromatic heterocycles. The van der Waals surface area contributed by atoms with Crippen LogP contribution in [0.15, 0.2) is 42.5 Å². The van der Waals surface area contributed by atoms with Crippen LogP contribution in [0.25, 0.3) is 0 Å². The predicted molar refractivity (Wildman–Crippen MR) is 86.3 cm³/mol. The molecule has 1 amide bonds. The van der Waals surface area contributed by atoms with Crippen LogP contribution >= 0.6 is 0 Å². The average Bonchev–Trinajstić information content (AvgIpc) is 2.55. The van der Waals surface area contributed by atoms with Crippen molar-refractivity contribution < 1.29 is 29.3 Å². The van der Waals surface area contributed by atoms with Gasteiger partial charge < -0.3 is 25.0 Å². The number of nitrogens with one attached hydrogen (secondary N) is 1. The van der Waals surface area contributed by atoms with Gasteiger partial charge in [0.25, 0.3) is 5.91 Å². The number of phenolic OH excluding ortho intramolecular Hbond substituents is 2. The maximum atomic E-state index is 11.8. The molecule has 0 radical (unpaired) electrons. The van der Waals surface area contributed by atoms with E-state index in [4.69, 9.17) is 14.6 Å². The number of anilines is 1. The Balaban J connectivity index is 1.87. The summed E-state index contributed by atoms with van der Waals surface area (Å²) < 4.78 is 10.1. The minimum atomic E-state index is -0.866. The molecule has 0 aliphatic carbocycles. The molecule has 24 heavy (non-hydrogen) atoms. The number of amides is 1. The van der Waals surface area contributed by atoms with Crippen molar-refractivity contribution in [2.45, 2.75) is 6.92 Å². The minimum absolute atomic E-state index is 0.137. The third-order valence-corrected chi connectivity index (χ3v) is 2.98. The van der Waals surface area contributed by atoms with Gasteiger partial charge in [-0.2, -0.15) is 0 Å². The summed E-state index contributed by atoms with van der Waals surface area (Å²) in [6.07, 6.45) is 0. The predicted octanol–water partition coefficient (Wildman–Crippen LogP) is 2.29. The van der Waals surface area contributed by atoms with Gasteiger partial charge in [-0.3, -0.25) is 4.79 Å². The van der Waals surface area contributed by atoms with Crippen LogP contribution < -0.4 is 10.1 Å². The topological polar surface area (TPSA) is 105 Å². The molecule has 0 aliphatic heterocycles. The van der Waals surface area contributed by atoms with E-state index in [2.05, 4.69) is 5.32 Å². The molecular formula is C17H17NO6. The highest BCUT2D eigenvalue weighted by molar-refractivity contribution is 5.96. The van der Waals surface area contributed by atoms with Gasteiger partial charge in [0.2, 0.25) is 0 Å². The summed E-state index contributed by atoms with van der Waals surface area (Å²) in [4.78, 5) is 23.6. The van der Waals surface area contributed by atoms with Gasteiger partial charge in [-0.05, 0) is 43.3 Å². The Morgan fingerprint density at radius 1 is 1.08 bits per heavy atom. The fourth-order valence-electron chi connectivity index (χ4n) is 1.90. The second-order valence-electron chi connectivity index (χ2n) is 4.78. The molecule has 2 aromatic rings. The Kier molecular flexibility index (Phi) is 5.62. The first-order valence-electron chi connectivity index (χ1n) is 7.21. The summed E-state index contributed by atoms with van der Waals surface area (Å²) in [5.41, 5.74) is 0.397. The first-order chi connectivity index (χ1) is 11.5. The molecule has 3 N–H and O–H groups in total. The molecule has 0 spiro atoms. The molecule has 0 unspecified atom stereocenters. The number of aromatic hydroxyl groups is 2. The molecule has 2 rings (SSSR count). The number of hydrogen-bond acceptors (Lipinski definition) is 6. The number of rotatable bonds is 6. The van der Waals surface area contributed by atoms with E-state index in [1.807, 2.05) is 6.92 Å². The van der Waals surface area contributed by atoms with Crippen LogP contribution in [0.5, 0.6) is 17.2 Å². The van der Waals surface area contributed by atoms with Crippen LogP contribution in [0, 0.1) is 0 Å². The highest BCUT2D eigenvalue weighted by Gasteiger charge is 2.15. The van der Waals surface area contributed by atoms with E-state index in [1.165, 1.54) is 12.1 Å². The van der Waals surface area contributed by atoms with Gasteiger partial charge in [0.05, 0.1) is 6.61 Å². The smallest absolute Gasteiger partial charge is 0.342 e. The van der Waals surface area contributed by atoms with Crippen molar-refractivity contribution in [1.82, 2.24) is 0 Å². The van der Waals surface area contributed by atoms with Gasteiger partial charge in [0.15, 0.2) is 6.61 Å². The second kappa shape index (κ2) is 7.87. The highest BCUT2D eigenvalue weighted by atomic mass is 16.5. The summed E-state index contributed by atoms with van der Waals surface area (Å²) >= 11 is 0. The standard InChI is InChI=1S/C17H17NO6/c1-2-23-13-6-3-11(4-7-13)18-16(21)10-24-17(22)14-8-5-12(19)9-15(14)20/h3-9,19-20H,2,10H2,1H3,(H,18,21). The van der Waals surface area contributed by atoms with E-state index in [9.17, 15) is 14.7 Å². The van der Waals surface area contributed by atoms with Crippen LogP contribution in [-0.4, -0.2) is 35.3 Å². The average molecular weight is 331 g/mol. The molecule has 0 bridgehead atoms.